The minimum absolute atomic E-state index is 0.0415. The molecule has 104 valence electrons. The monoisotopic (exact) mass is 276 g/mol. The van der Waals surface area contributed by atoms with Gasteiger partial charge in [0, 0.05) is 13.1 Å². The van der Waals surface area contributed by atoms with Crippen LogP contribution in [0.15, 0.2) is 0 Å². The molecular weight excluding hydrogens is 256 g/mol. The van der Waals surface area contributed by atoms with Gasteiger partial charge < -0.3 is 15.4 Å². The van der Waals surface area contributed by atoms with E-state index < -0.39 is 9.84 Å². The van der Waals surface area contributed by atoms with E-state index in [4.69, 9.17) is 10.5 Å². The van der Waals surface area contributed by atoms with E-state index in [9.17, 15) is 13.2 Å². The average molecular weight is 276 g/mol. The zero-order valence-electron chi connectivity index (χ0n) is 10.4. The molecule has 2 aliphatic heterocycles. The SMILES string of the molecule is NCC1COCC(=O)N1CC1CCCS(=O)(=O)C1. The van der Waals surface area contributed by atoms with Gasteiger partial charge in [-0.3, -0.25) is 4.79 Å². The summed E-state index contributed by atoms with van der Waals surface area (Å²) in [4.78, 5) is 13.5. The van der Waals surface area contributed by atoms with Crippen molar-refractivity contribution in [1.29, 1.82) is 0 Å². The first-order chi connectivity index (χ1) is 8.52. The van der Waals surface area contributed by atoms with Crippen molar-refractivity contribution in [2.75, 3.05) is 37.8 Å². The first-order valence-electron chi connectivity index (χ1n) is 6.29. The fourth-order valence-corrected chi connectivity index (χ4v) is 4.41. The number of hydrogen-bond acceptors (Lipinski definition) is 5. The smallest absolute Gasteiger partial charge is 0.248 e. The highest BCUT2D eigenvalue weighted by Gasteiger charge is 2.32. The van der Waals surface area contributed by atoms with Crippen LogP contribution in [0.3, 0.4) is 0 Å². The van der Waals surface area contributed by atoms with Gasteiger partial charge in [0.2, 0.25) is 5.91 Å². The first kappa shape index (κ1) is 13.8. The first-order valence-corrected chi connectivity index (χ1v) is 8.11. The van der Waals surface area contributed by atoms with E-state index in [0.29, 0.717) is 26.1 Å². The Hall–Kier alpha value is -0.660. The normalized spacial score (nSPS) is 32.5. The third-order valence-corrected chi connectivity index (χ3v) is 5.47. The van der Waals surface area contributed by atoms with Gasteiger partial charge in [0.15, 0.2) is 9.84 Å². The molecule has 0 saturated carbocycles. The van der Waals surface area contributed by atoms with Crippen LogP contribution in [0.25, 0.3) is 0 Å². The molecule has 2 fully saturated rings. The van der Waals surface area contributed by atoms with E-state index >= 15 is 0 Å². The molecular formula is C11H20N2O4S. The Balaban J connectivity index is 2.00. The molecule has 2 heterocycles. The van der Waals surface area contributed by atoms with E-state index in [2.05, 4.69) is 0 Å². The number of carbonyl (C=O) groups is 1. The minimum atomic E-state index is -2.92. The number of nitrogens with zero attached hydrogens (tertiary/aromatic N) is 1. The number of carbonyl (C=O) groups excluding carboxylic acids is 1. The molecule has 2 N–H and O–H groups in total. The van der Waals surface area contributed by atoms with E-state index in [-0.39, 0.29) is 36.0 Å². The molecule has 1 amide bonds. The summed E-state index contributed by atoms with van der Waals surface area (Å²) in [5.74, 6) is 0.426. The molecule has 2 unspecified atom stereocenters. The summed E-state index contributed by atoms with van der Waals surface area (Å²) in [6.07, 6.45) is 1.56. The Morgan fingerprint density at radius 3 is 2.89 bits per heavy atom. The van der Waals surface area contributed by atoms with Crippen LogP contribution in [0.2, 0.25) is 0 Å². The maximum Gasteiger partial charge on any atom is 0.248 e. The summed E-state index contributed by atoms with van der Waals surface area (Å²) in [6, 6.07) is -0.115. The lowest BCUT2D eigenvalue weighted by Crippen LogP contribution is -2.54. The van der Waals surface area contributed by atoms with Crippen LogP contribution in [-0.2, 0) is 19.4 Å². The Bertz CT molecular complexity index is 409. The van der Waals surface area contributed by atoms with E-state index in [1.807, 2.05) is 0 Å². The zero-order valence-corrected chi connectivity index (χ0v) is 11.2. The highest BCUT2D eigenvalue weighted by Crippen LogP contribution is 2.21. The molecule has 0 bridgehead atoms. The Kier molecular flexibility index (Phi) is 4.24. The second-order valence-corrected chi connectivity index (χ2v) is 7.30. The molecule has 0 spiro atoms. The molecule has 2 rings (SSSR count). The summed E-state index contributed by atoms with van der Waals surface area (Å²) in [6.45, 7) is 1.37. The van der Waals surface area contributed by atoms with Gasteiger partial charge >= 0.3 is 0 Å². The van der Waals surface area contributed by atoms with Crippen LogP contribution in [0.1, 0.15) is 12.8 Å². The summed E-state index contributed by atoms with van der Waals surface area (Å²) in [5.41, 5.74) is 5.62. The number of amides is 1. The van der Waals surface area contributed by atoms with E-state index in [1.54, 1.807) is 4.90 Å². The van der Waals surface area contributed by atoms with Crippen molar-refractivity contribution in [3.05, 3.63) is 0 Å². The highest BCUT2D eigenvalue weighted by atomic mass is 32.2. The van der Waals surface area contributed by atoms with Gasteiger partial charge in [-0.05, 0) is 18.8 Å². The number of rotatable bonds is 3. The predicted octanol–water partition coefficient (Wildman–Crippen LogP) is -1.00. The van der Waals surface area contributed by atoms with Crippen LogP contribution in [0.4, 0.5) is 0 Å². The number of sulfone groups is 1. The number of ether oxygens (including phenoxy) is 1. The van der Waals surface area contributed by atoms with Crippen LogP contribution < -0.4 is 5.73 Å². The van der Waals surface area contributed by atoms with Gasteiger partial charge in [0.25, 0.3) is 0 Å². The predicted molar refractivity (Wildman–Crippen MR) is 66.8 cm³/mol. The van der Waals surface area contributed by atoms with Crippen LogP contribution >= 0.6 is 0 Å². The average Bonchev–Trinajstić information content (AvgIpc) is 2.30. The lowest BCUT2D eigenvalue weighted by atomic mass is 10.0. The molecule has 0 aromatic carbocycles. The highest BCUT2D eigenvalue weighted by molar-refractivity contribution is 7.91. The Morgan fingerprint density at radius 2 is 2.22 bits per heavy atom. The summed E-state index contributed by atoms with van der Waals surface area (Å²) in [5, 5.41) is 0. The third-order valence-electron chi connectivity index (χ3n) is 3.58. The van der Waals surface area contributed by atoms with Gasteiger partial charge in [-0.15, -0.1) is 0 Å². The lowest BCUT2D eigenvalue weighted by molar-refractivity contribution is -0.148. The fraction of sp³-hybridized carbons (Fsp3) is 0.909. The quantitative estimate of drug-likeness (QED) is 0.714. The molecule has 7 heteroatoms. The van der Waals surface area contributed by atoms with E-state index in [1.165, 1.54) is 0 Å². The maximum absolute atomic E-state index is 11.8. The summed E-state index contributed by atoms with van der Waals surface area (Å²) < 4.78 is 28.3. The zero-order chi connectivity index (χ0) is 13.2. The van der Waals surface area contributed by atoms with Crippen molar-refractivity contribution >= 4 is 15.7 Å². The molecule has 0 aromatic heterocycles. The molecule has 2 aliphatic rings. The topological polar surface area (TPSA) is 89.7 Å². The van der Waals surface area contributed by atoms with Gasteiger partial charge in [-0.2, -0.15) is 0 Å². The lowest BCUT2D eigenvalue weighted by Gasteiger charge is -2.37. The fourth-order valence-electron chi connectivity index (χ4n) is 2.64. The second-order valence-electron chi connectivity index (χ2n) is 5.07. The van der Waals surface area contributed by atoms with Crippen LogP contribution in [0.5, 0.6) is 0 Å². The molecule has 2 atom stereocenters. The van der Waals surface area contributed by atoms with Crippen molar-refractivity contribution in [2.45, 2.75) is 18.9 Å². The van der Waals surface area contributed by atoms with Crippen LogP contribution in [0, 0.1) is 5.92 Å². The van der Waals surface area contributed by atoms with Crippen molar-refractivity contribution < 1.29 is 17.9 Å². The number of morpholine rings is 1. The Morgan fingerprint density at radius 1 is 1.44 bits per heavy atom. The summed E-state index contributed by atoms with van der Waals surface area (Å²) in [7, 11) is -2.92. The number of hydrogen-bond donors (Lipinski definition) is 1. The standard InChI is InChI=1S/C11H20N2O4S/c12-4-10-6-17-7-11(14)13(10)5-9-2-1-3-18(15,16)8-9/h9-10H,1-8,12H2. The third kappa shape index (κ3) is 3.21. The second kappa shape index (κ2) is 5.54. The van der Waals surface area contributed by atoms with Crippen molar-refractivity contribution in [1.82, 2.24) is 4.90 Å². The van der Waals surface area contributed by atoms with Gasteiger partial charge in [-0.1, -0.05) is 0 Å². The van der Waals surface area contributed by atoms with Crippen molar-refractivity contribution in [3.8, 4) is 0 Å². The van der Waals surface area contributed by atoms with Gasteiger partial charge in [-0.25, -0.2) is 8.42 Å². The molecule has 0 aliphatic carbocycles. The van der Waals surface area contributed by atoms with E-state index in [0.717, 1.165) is 6.42 Å². The molecule has 0 radical (unpaired) electrons. The largest absolute Gasteiger partial charge is 0.369 e. The number of nitrogens with two attached hydrogens (primary N) is 1. The maximum atomic E-state index is 11.8. The van der Waals surface area contributed by atoms with Crippen molar-refractivity contribution in [2.24, 2.45) is 11.7 Å². The molecule has 18 heavy (non-hydrogen) atoms. The molecule has 0 aromatic rings. The van der Waals surface area contributed by atoms with Gasteiger partial charge in [0.1, 0.15) is 6.61 Å². The van der Waals surface area contributed by atoms with Crippen molar-refractivity contribution in [3.63, 3.8) is 0 Å². The Labute approximate surface area is 107 Å². The molecule has 6 nitrogen and oxygen atoms in total. The van der Waals surface area contributed by atoms with Gasteiger partial charge in [0.05, 0.1) is 24.2 Å². The van der Waals surface area contributed by atoms with Crippen LogP contribution in [-0.4, -0.2) is 63.1 Å². The summed E-state index contributed by atoms with van der Waals surface area (Å²) >= 11 is 0. The molecule has 2 saturated heterocycles. The minimum Gasteiger partial charge on any atom is -0.369 e.